The van der Waals surface area contributed by atoms with Gasteiger partial charge in [0.15, 0.2) is 23.3 Å². The van der Waals surface area contributed by atoms with Gasteiger partial charge in [0.05, 0.1) is 13.2 Å². The molecule has 166 valence electrons. The first-order valence-electron chi connectivity index (χ1n) is 10.3. The number of ether oxygens (including phenoxy) is 2. The first kappa shape index (κ1) is 24.2. The molecule has 30 heavy (non-hydrogen) atoms. The van der Waals surface area contributed by atoms with Crippen LogP contribution in [0.3, 0.4) is 0 Å². The van der Waals surface area contributed by atoms with Gasteiger partial charge in [-0.25, -0.2) is 0 Å². The largest absolute Gasteiger partial charge is 0.493 e. The minimum absolute atomic E-state index is 0. The summed E-state index contributed by atoms with van der Waals surface area (Å²) in [6, 6.07) is 5.99. The molecule has 0 unspecified atom stereocenters. The van der Waals surface area contributed by atoms with Crippen LogP contribution in [0.4, 0.5) is 0 Å². The molecular weight excluding hydrogens is 497 g/mol. The number of para-hydroxylation sites is 1. The summed E-state index contributed by atoms with van der Waals surface area (Å²) in [5.74, 6) is 3.67. The zero-order chi connectivity index (χ0) is 20.5. The lowest BCUT2D eigenvalue weighted by Crippen LogP contribution is -2.37. The summed E-state index contributed by atoms with van der Waals surface area (Å²) in [5.41, 5.74) is 1.06. The Morgan fingerprint density at radius 3 is 2.73 bits per heavy atom. The standard InChI is InChI=1S/C21H31N5O3.HI/c1-15-25-19(29-26-15)12-7-13-23-21(22-2)24-14-16-8-6-11-18(27-3)20(16)28-17-9-4-5-10-17;/h6,8,11,17H,4-5,7,9-10,12-14H2,1-3H3,(H2,22,23,24);1H. The number of nitrogens with one attached hydrogen (secondary N) is 2. The van der Waals surface area contributed by atoms with Crippen LogP contribution >= 0.6 is 24.0 Å². The van der Waals surface area contributed by atoms with E-state index in [2.05, 4.69) is 31.8 Å². The Balaban J connectivity index is 0.00000320. The molecule has 1 aliphatic rings. The number of rotatable bonds is 9. The van der Waals surface area contributed by atoms with E-state index in [0.717, 1.165) is 55.3 Å². The van der Waals surface area contributed by atoms with Gasteiger partial charge in [-0.1, -0.05) is 17.3 Å². The molecule has 1 aromatic carbocycles. The van der Waals surface area contributed by atoms with Crippen molar-refractivity contribution in [3.8, 4) is 11.5 Å². The van der Waals surface area contributed by atoms with Gasteiger partial charge >= 0.3 is 0 Å². The highest BCUT2D eigenvalue weighted by Gasteiger charge is 2.20. The Kier molecular flexibility index (Phi) is 10.2. The fraction of sp³-hybridized carbons (Fsp3) is 0.571. The number of hydrogen-bond acceptors (Lipinski definition) is 6. The van der Waals surface area contributed by atoms with Gasteiger partial charge in [-0.15, -0.1) is 24.0 Å². The molecule has 1 aliphatic carbocycles. The molecule has 8 nitrogen and oxygen atoms in total. The quantitative estimate of drug-likeness (QED) is 0.222. The van der Waals surface area contributed by atoms with E-state index in [9.17, 15) is 0 Å². The van der Waals surface area contributed by atoms with E-state index >= 15 is 0 Å². The molecule has 1 aromatic heterocycles. The summed E-state index contributed by atoms with van der Waals surface area (Å²) in [7, 11) is 3.44. The molecule has 0 radical (unpaired) electrons. The monoisotopic (exact) mass is 529 g/mol. The van der Waals surface area contributed by atoms with E-state index in [1.165, 1.54) is 12.8 Å². The second-order valence-corrected chi connectivity index (χ2v) is 7.16. The third kappa shape index (κ3) is 7.03. The van der Waals surface area contributed by atoms with E-state index in [1.807, 2.05) is 19.1 Å². The van der Waals surface area contributed by atoms with E-state index in [0.29, 0.717) is 18.3 Å². The van der Waals surface area contributed by atoms with Crippen molar-refractivity contribution in [2.75, 3.05) is 20.7 Å². The maximum Gasteiger partial charge on any atom is 0.226 e. The number of hydrogen-bond donors (Lipinski definition) is 2. The fourth-order valence-corrected chi connectivity index (χ4v) is 3.46. The zero-order valence-corrected chi connectivity index (χ0v) is 20.3. The van der Waals surface area contributed by atoms with Crippen LogP contribution in [-0.4, -0.2) is 42.9 Å². The van der Waals surface area contributed by atoms with Gasteiger partial charge in [0, 0.05) is 32.1 Å². The zero-order valence-electron chi connectivity index (χ0n) is 17.9. The Hall–Kier alpha value is -2.04. The summed E-state index contributed by atoms with van der Waals surface area (Å²) >= 11 is 0. The molecule has 0 saturated heterocycles. The van der Waals surface area contributed by atoms with Crippen molar-refractivity contribution in [1.29, 1.82) is 0 Å². The van der Waals surface area contributed by atoms with Crippen molar-refractivity contribution in [1.82, 2.24) is 20.8 Å². The molecule has 2 aromatic rings. The van der Waals surface area contributed by atoms with E-state index < -0.39 is 0 Å². The number of halogens is 1. The van der Waals surface area contributed by atoms with Crippen LogP contribution in [0.2, 0.25) is 0 Å². The van der Waals surface area contributed by atoms with Crippen molar-refractivity contribution in [3.05, 3.63) is 35.5 Å². The van der Waals surface area contributed by atoms with Gasteiger partial charge in [0.2, 0.25) is 5.89 Å². The molecule has 1 heterocycles. The smallest absolute Gasteiger partial charge is 0.226 e. The predicted molar refractivity (Wildman–Crippen MR) is 127 cm³/mol. The first-order chi connectivity index (χ1) is 14.2. The minimum atomic E-state index is 0. The van der Waals surface area contributed by atoms with Crippen molar-refractivity contribution in [3.63, 3.8) is 0 Å². The Morgan fingerprint density at radius 1 is 1.27 bits per heavy atom. The van der Waals surface area contributed by atoms with Crippen LogP contribution in [0.25, 0.3) is 0 Å². The summed E-state index contributed by atoms with van der Waals surface area (Å²) in [4.78, 5) is 8.51. The van der Waals surface area contributed by atoms with Crippen LogP contribution < -0.4 is 20.1 Å². The maximum atomic E-state index is 6.30. The highest BCUT2D eigenvalue weighted by atomic mass is 127. The van der Waals surface area contributed by atoms with Crippen LogP contribution in [0.1, 0.15) is 49.4 Å². The van der Waals surface area contributed by atoms with Gasteiger partial charge in [0.1, 0.15) is 0 Å². The number of aliphatic imine (C=N–C) groups is 1. The maximum absolute atomic E-state index is 6.30. The lowest BCUT2D eigenvalue weighted by atomic mass is 10.1. The summed E-state index contributed by atoms with van der Waals surface area (Å²) in [6.45, 7) is 3.17. The van der Waals surface area contributed by atoms with Crippen molar-refractivity contribution < 1.29 is 14.0 Å². The lowest BCUT2D eigenvalue weighted by molar-refractivity contribution is 0.198. The Morgan fingerprint density at radius 2 is 2.07 bits per heavy atom. The van der Waals surface area contributed by atoms with Gasteiger partial charge in [-0.05, 0) is 45.1 Å². The molecule has 3 rings (SSSR count). The molecule has 0 atom stereocenters. The topological polar surface area (TPSA) is 93.8 Å². The number of nitrogens with zero attached hydrogens (tertiary/aromatic N) is 3. The second kappa shape index (κ2) is 12.6. The third-order valence-corrected chi connectivity index (χ3v) is 4.97. The lowest BCUT2D eigenvalue weighted by Gasteiger charge is -2.20. The summed E-state index contributed by atoms with van der Waals surface area (Å²) in [6.07, 6.45) is 6.55. The number of benzene rings is 1. The molecule has 1 saturated carbocycles. The Bertz CT molecular complexity index is 806. The molecule has 9 heteroatoms. The normalized spacial score (nSPS) is 14.3. The van der Waals surface area contributed by atoms with Gasteiger partial charge in [-0.3, -0.25) is 4.99 Å². The number of aromatic nitrogens is 2. The third-order valence-electron chi connectivity index (χ3n) is 4.97. The van der Waals surface area contributed by atoms with E-state index in [4.69, 9.17) is 14.0 Å². The molecule has 0 bridgehead atoms. The summed E-state index contributed by atoms with van der Waals surface area (Å²) in [5, 5.41) is 10.5. The summed E-state index contributed by atoms with van der Waals surface area (Å²) < 4.78 is 17.0. The minimum Gasteiger partial charge on any atom is -0.493 e. The van der Waals surface area contributed by atoms with E-state index in [-0.39, 0.29) is 30.1 Å². The fourth-order valence-electron chi connectivity index (χ4n) is 3.46. The van der Waals surface area contributed by atoms with E-state index in [1.54, 1.807) is 14.2 Å². The number of methoxy groups -OCH3 is 1. The number of aryl methyl sites for hydroxylation is 2. The second-order valence-electron chi connectivity index (χ2n) is 7.16. The average Bonchev–Trinajstić information content (AvgIpc) is 3.40. The molecule has 0 spiro atoms. The van der Waals surface area contributed by atoms with Crippen molar-refractivity contribution in [2.45, 2.75) is 58.1 Å². The van der Waals surface area contributed by atoms with Gasteiger partial charge < -0.3 is 24.6 Å². The predicted octanol–water partition coefficient (Wildman–Crippen LogP) is 3.62. The van der Waals surface area contributed by atoms with Crippen LogP contribution in [0.5, 0.6) is 11.5 Å². The van der Waals surface area contributed by atoms with Crippen molar-refractivity contribution >= 4 is 29.9 Å². The molecular formula is C21H32IN5O3. The van der Waals surface area contributed by atoms with Crippen LogP contribution in [-0.2, 0) is 13.0 Å². The highest BCUT2D eigenvalue weighted by molar-refractivity contribution is 14.0. The molecule has 0 aliphatic heterocycles. The van der Waals surface area contributed by atoms with Crippen LogP contribution in [0, 0.1) is 6.92 Å². The highest BCUT2D eigenvalue weighted by Crippen LogP contribution is 2.34. The Labute approximate surface area is 195 Å². The molecule has 2 N–H and O–H groups in total. The average molecular weight is 529 g/mol. The SMILES string of the molecule is CN=C(NCCCc1nc(C)no1)NCc1cccc(OC)c1OC1CCCC1.I. The van der Waals surface area contributed by atoms with Crippen LogP contribution in [0.15, 0.2) is 27.7 Å². The molecule has 1 fully saturated rings. The first-order valence-corrected chi connectivity index (χ1v) is 10.3. The van der Waals surface area contributed by atoms with Gasteiger partial charge in [-0.2, -0.15) is 4.98 Å². The van der Waals surface area contributed by atoms with Crippen molar-refractivity contribution in [2.24, 2.45) is 4.99 Å². The number of guanidine groups is 1. The van der Waals surface area contributed by atoms with Gasteiger partial charge in [0.25, 0.3) is 0 Å². The molecule has 0 amide bonds.